The van der Waals surface area contributed by atoms with Crippen LogP contribution in [0.4, 0.5) is 0 Å². The van der Waals surface area contributed by atoms with Crippen LogP contribution in [0, 0.1) is 0 Å². The molecule has 0 aliphatic carbocycles. The number of hydrogen-bond acceptors (Lipinski definition) is 3. The van der Waals surface area contributed by atoms with Gasteiger partial charge in [0.1, 0.15) is 0 Å². The lowest BCUT2D eigenvalue weighted by molar-refractivity contribution is -0.139. The van der Waals surface area contributed by atoms with Crippen LogP contribution in [-0.4, -0.2) is 22.4 Å². The quantitative estimate of drug-likeness (QED) is 0.749. The minimum Gasteiger partial charge on any atom is -0.481 e. The monoisotopic (exact) mass is 212 g/mol. The topological polar surface area (TPSA) is 57.5 Å². The first kappa shape index (κ1) is 11.1. The van der Waals surface area contributed by atoms with E-state index >= 15 is 0 Å². The van der Waals surface area contributed by atoms with Crippen LogP contribution in [0.5, 0.6) is 0 Å². The molecule has 1 aromatic carbocycles. The average molecular weight is 212 g/mol. The summed E-state index contributed by atoms with van der Waals surface area (Å²) in [5, 5.41) is 18.0. The fraction of sp³-hybridized carbons (Fsp3) is 0.300. The number of hydrogen-bond donors (Lipinski definition) is 2. The van der Waals surface area contributed by atoms with E-state index in [-0.39, 0.29) is 6.42 Å². The van der Waals surface area contributed by atoms with Crippen molar-refractivity contribution in [3.05, 3.63) is 29.8 Å². The molecule has 0 aromatic heterocycles. The minimum atomic E-state index is -0.993. The first-order valence-electron chi connectivity index (χ1n) is 4.17. The van der Waals surface area contributed by atoms with Crippen LogP contribution < -0.4 is 0 Å². The number of carbonyl (C=O) groups is 1. The summed E-state index contributed by atoms with van der Waals surface area (Å²) in [6, 6.07) is 7.26. The molecule has 0 heterocycles. The number of aliphatic hydroxyl groups excluding tert-OH is 1. The Morgan fingerprint density at radius 3 is 2.86 bits per heavy atom. The van der Waals surface area contributed by atoms with Crippen molar-refractivity contribution < 1.29 is 15.0 Å². The molecule has 0 fully saturated rings. The summed E-state index contributed by atoms with van der Waals surface area (Å²) in [6.07, 6.45) is 0.764. The van der Waals surface area contributed by atoms with Gasteiger partial charge in [-0.25, -0.2) is 0 Å². The number of carboxylic acid groups (broad SMARTS) is 1. The Labute approximate surface area is 86.8 Å². The molecular weight excluding hydrogens is 200 g/mol. The molecule has 0 spiro atoms. The van der Waals surface area contributed by atoms with E-state index in [4.69, 9.17) is 5.11 Å². The van der Waals surface area contributed by atoms with Gasteiger partial charge in [-0.3, -0.25) is 4.79 Å². The van der Waals surface area contributed by atoms with E-state index in [0.29, 0.717) is 5.56 Å². The Morgan fingerprint density at radius 2 is 2.29 bits per heavy atom. The molecule has 1 atom stereocenters. The van der Waals surface area contributed by atoms with Crippen LogP contribution in [0.3, 0.4) is 0 Å². The molecule has 0 saturated carbocycles. The normalized spacial score (nSPS) is 12.4. The lowest BCUT2D eigenvalue weighted by Crippen LogP contribution is -2.05. The summed E-state index contributed by atoms with van der Waals surface area (Å²) in [5.74, 6) is -0.993. The van der Waals surface area contributed by atoms with Crippen molar-refractivity contribution in [2.75, 3.05) is 6.26 Å². The van der Waals surface area contributed by atoms with Gasteiger partial charge in [-0.1, -0.05) is 12.1 Å². The standard InChI is InChI=1S/C10H12O3S/c1-14-8-4-2-3-7(5-8)9(11)6-10(12)13/h2-5,9,11H,6H2,1H3,(H,12,13)/t9-/m0/s1. The zero-order valence-electron chi connectivity index (χ0n) is 7.80. The summed E-state index contributed by atoms with van der Waals surface area (Å²) >= 11 is 1.56. The van der Waals surface area contributed by atoms with Gasteiger partial charge in [0, 0.05) is 4.90 Å². The maximum absolute atomic E-state index is 10.4. The molecule has 0 radical (unpaired) electrons. The molecule has 0 amide bonds. The van der Waals surface area contributed by atoms with E-state index in [9.17, 15) is 9.90 Å². The predicted molar refractivity (Wildman–Crippen MR) is 55.4 cm³/mol. The van der Waals surface area contributed by atoms with Crippen molar-refractivity contribution in [3.8, 4) is 0 Å². The highest BCUT2D eigenvalue weighted by atomic mass is 32.2. The Balaban J connectivity index is 2.78. The van der Waals surface area contributed by atoms with Crippen molar-refractivity contribution in [2.24, 2.45) is 0 Å². The van der Waals surface area contributed by atoms with Gasteiger partial charge in [0.25, 0.3) is 0 Å². The smallest absolute Gasteiger partial charge is 0.306 e. The van der Waals surface area contributed by atoms with Crippen molar-refractivity contribution in [1.29, 1.82) is 0 Å². The maximum Gasteiger partial charge on any atom is 0.306 e. The number of carboxylic acids is 1. The molecule has 1 rings (SSSR count). The van der Waals surface area contributed by atoms with Gasteiger partial charge in [-0.2, -0.15) is 0 Å². The third-order valence-corrected chi connectivity index (χ3v) is 2.57. The molecule has 0 aliphatic heterocycles. The molecule has 2 N–H and O–H groups in total. The highest BCUT2D eigenvalue weighted by Gasteiger charge is 2.11. The molecule has 4 heteroatoms. The summed E-state index contributed by atoms with van der Waals surface area (Å²) in [6.45, 7) is 0. The largest absolute Gasteiger partial charge is 0.481 e. The van der Waals surface area contributed by atoms with E-state index in [2.05, 4.69) is 0 Å². The van der Waals surface area contributed by atoms with Gasteiger partial charge >= 0.3 is 5.97 Å². The first-order valence-corrected chi connectivity index (χ1v) is 5.39. The first-order chi connectivity index (χ1) is 6.63. The summed E-state index contributed by atoms with van der Waals surface area (Å²) in [5.41, 5.74) is 0.652. The predicted octanol–water partition coefficient (Wildman–Crippen LogP) is 1.92. The second-order valence-corrected chi connectivity index (χ2v) is 3.77. The van der Waals surface area contributed by atoms with Gasteiger partial charge in [0.05, 0.1) is 12.5 Å². The third kappa shape index (κ3) is 3.05. The molecule has 14 heavy (non-hydrogen) atoms. The third-order valence-electron chi connectivity index (χ3n) is 1.85. The average Bonchev–Trinajstić information content (AvgIpc) is 2.17. The van der Waals surface area contributed by atoms with E-state index < -0.39 is 12.1 Å². The van der Waals surface area contributed by atoms with E-state index in [1.165, 1.54) is 0 Å². The number of aliphatic carboxylic acids is 1. The van der Waals surface area contributed by atoms with E-state index in [1.807, 2.05) is 18.4 Å². The zero-order valence-corrected chi connectivity index (χ0v) is 8.62. The number of rotatable bonds is 4. The SMILES string of the molecule is CSc1cccc([C@@H](O)CC(=O)O)c1. The van der Waals surface area contributed by atoms with Crippen molar-refractivity contribution in [2.45, 2.75) is 17.4 Å². The maximum atomic E-state index is 10.4. The minimum absolute atomic E-state index is 0.252. The van der Waals surface area contributed by atoms with Crippen LogP contribution in [-0.2, 0) is 4.79 Å². The number of aliphatic hydroxyl groups is 1. The molecule has 0 bridgehead atoms. The van der Waals surface area contributed by atoms with Gasteiger partial charge < -0.3 is 10.2 Å². The van der Waals surface area contributed by atoms with Crippen LogP contribution in [0.2, 0.25) is 0 Å². The van der Waals surface area contributed by atoms with Crippen LogP contribution in [0.15, 0.2) is 29.2 Å². The van der Waals surface area contributed by atoms with Crippen molar-refractivity contribution in [3.63, 3.8) is 0 Å². The second kappa shape index (κ2) is 5.02. The van der Waals surface area contributed by atoms with Crippen LogP contribution in [0.25, 0.3) is 0 Å². The molecular formula is C10H12O3S. The molecule has 0 aliphatic rings. The Hall–Kier alpha value is -1.00. The Kier molecular flexibility index (Phi) is 3.98. The highest BCUT2D eigenvalue weighted by Crippen LogP contribution is 2.22. The van der Waals surface area contributed by atoms with Gasteiger partial charge in [0.2, 0.25) is 0 Å². The summed E-state index contributed by atoms with van der Waals surface area (Å²) in [7, 11) is 0. The van der Waals surface area contributed by atoms with E-state index in [1.54, 1.807) is 23.9 Å². The number of thioether (sulfide) groups is 1. The molecule has 0 unspecified atom stereocenters. The van der Waals surface area contributed by atoms with Gasteiger partial charge in [-0.05, 0) is 24.0 Å². The number of benzene rings is 1. The molecule has 1 aromatic rings. The lowest BCUT2D eigenvalue weighted by atomic mass is 10.1. The Morgan fingerprint density at radius 1 is 1.57 bits per heavy atom. The lowest BCUT2D eigenvalue weighted by Gasteiger charge is -2.08. The molecule has 3 nitrogen and oxygen atoms in total. The fourth-order valence-electron chi connectivity index (χ4n) is 1.13. The Bertz CT molecular complexity index is 325. The molecule has 76 valence electrons. The van der Waals surface area contributed by atoms with E-state index in [0.717, 1.165) is 4.90 Å². The summed E-state index contributed by atoms with van der Waals surface area (Å²) < 4.78 is 0. The summed E-state index contributed by atoms with van der Waals surface area (Å²) in [4.78, 5) is 11.4. The van der Waals surface area contributed by atoms with Gasteiger partial charge in [-0.15, -0.1) is 11.8 Å². The van der Waals surface area contributed by atoms with Crippen molar-refractivity contribution in [1.82, 2.24) is 0 Å². The highest BCUT2D eigenvalue weighted by molar-refractivity contribution is 7.98. The van der Waals surface area contributed by atoms with Crippen molar-refractivity contribution >= 4 is 17.7 Å². The van der Waals surface area contributed by atoms with Gasteiger partial charge in [0.15, 0.2) is 0 Å². The zero-order chi connectivity index (χ0) is 10.6. The van der Waals surface area contributed by atoms with Crippen LogP contribution in [0.1, 0.15) is 18.1 Å². The van der Waals surface area contributed by atoms with Crippen LogP contribution >= 0.6 is 11.8 Å². The fourth-order valence-corrected chi connectivity index (χ4v) is 1.60. The molecule has 0 saturated heterocycles. The second-order valence-electron chi connectivity index (χ2n) is 2.89.